The van der Waals surface area contributed by atoms with Crippen LogP contribution in [-0.2, 0) is 11.3 Å². The first-order valence-corrected chi connectivity index (χ1v) is 15.2. The number of fused-ring (bicyclic) bond motifs is 1. The van der Waals surface area contributed by atoms with Crippen LogP contribution in [0.5, 0.6) is 0 Å². The van der Waals surface area contributed by atoms with Gasteiger partial charge in [0.05, 0.1) is 24.3 Å². The number of benzene rings is 1. The first-order chi connectivity index (χ1) is 20.9. The fraction of sp³-hybridized carbons (Fsp3) is 0.419. The number of anilines is 1. The van der Waals surface area contributed by atoms with Crippen molar-refractivity contribution in [3.05, 3.63) is 69.4 Å². The van der Waals surface area contributed by atoms with Gasteiger partial charge in [-0.2, -0.15) is 4.98 Å². The molecule has 0 amide bonds. The Morgan fingerprint density at radius 3 is 2.67 bits per heavy atom. The molecule has 4 aromatic heterocycles. The van der Waals surface area contributed by atoms with Gasteiger partial charge in [0.1, 0.15) is 11.2 Å². The van der Waals surface area contributed by atoms with E-state index in [1.54, 1.807) is 6.20 Å². The highest BCUT2D eigenvalue weighted by Gasteiger charge is 2.32. The van der Waals surface area contributed by atoms with Gasteiger partial charge in [0.25, 0.3) is 0 Å². The van der Waals surface area contributed by atoms with Crippen LogP contribution in [0.4, 0.5) is 5.95 Å². The summed E-state index contributed by atoms with van der Waals surface area (Å²) in [5.74, 6) is 1.70. The number of hydrogen-bond donors (Lipinski definition) is 1. The number of nitrogens with zero attached hydrogens (tertiary/aromatic N) is 7. The van der Waals surface area contributed by atoms with Crippen molar-refractivity contribution in [3.63, 3.8) is 0 Å². The summed E-state index contributed by atoms with van der Waals surface area (Å²) in [4.78, 5) is 36.3. The fourth-order valence-corrected chi connectivity index (χ4v) is 6.51. The Balaban J connectivity index is 1.47. The molecule has 5 heterocycles. The number of pyridine rings is 1. The lowest BCUT2D eigenvalue weighted by Gasteiger charge is -2.37. The van der Waals surface area contributed by atoms with Gasteiger partial charge in [-0.1, -0.05) is 66.9 Å². The molecule has 1 saturated heterocycles. The highest BCUT2D eigenvalue weighted by atomic mass is 35.5. The maximum atomic E-state index is 11.9. The number of ether oxygens (including phenoxy) is 1. The Kier molecular flexibility index (Phi) is 7.44. The fourth-order valence-electron chi connectivity index (χ4n) is 6.35. The molecule has 0 unspecified atom stereocenters. The summed E-state index contributed by atoms with van der Waals surface area (Å²) in [7, 11) is 0. The number of halogens is 1. The standard InChI is InChI=1S/C31H33ClN8O3/c1-18-8-10-20(11-9-18)16-40-26-25(23-14-22(32)15-33-19(23)2)34-28(29-37-31(41)43-38-29)35-27(26)36-30(40)39-12-13-42-17-24(39)21-6-4-3-5-7-21/h3-7,14-15,18,20,24H,8-13,16-17H2,1-2H3,(H,37,38,41)/t18?,20?,24-/m0/s1. The number of nitrogens with one attached hydrogen (secondary N) is 1. The average Bonchev–Trinajstić information content (AvgIpc) is 3.63. The van der Waals surface area contributed by atoms with Gasteiger partial charge in [-0.05, 0) is 43.2 Å². The molecule has 12 heteroatoms. The molecule has 0 bridgehead atoms. The maximum absolute atomic E-state index is 11.9. The number of aryl methyl sites for hydroxylation is 1. The number of rotatable bonds is 6. The third-order valence-corrected chi connectivity index (χ3v) is 8.90. The molecule has 1 aliphatic heterocycles. The lowest BCUT2D eigenvalue weighted by molar-refractivity contribution is 0.0927. The van der Waals surface area contributed by atoms with E-state index in [0.29, 0.717) is 42.0 Å². The van der Waals surface area contributed by atoms with Crippen LogP contribution in [0.3, 0.4) is 0 Å². The van der Waals surface area contributed by atoms with Crippen molar-refractivity contribution in [2.24, 2.45) is 11.8 Å². The molecule has 2 aliphatic rings. The zero-order valence-electron chi connectivity index (χ0n) is 24.2. The lowest BCUT2D eigenvalue weighted by Crippen LogP contribution is -2.41. The normalized spacial score (nSPS) is 21.0. The number of imidazole rings is 1. The van der Waals surface area contributed by atoms with Crippen LogP contribution in [0.15, 0.2) is 51.9 Å². The Morgan fingerprint density at radius 1 is 1.09 bits per heavy atom. The van der Waals surface area contributed by atoms with E-state index in [9.17, 15) is 4.79 Å². The van der Waals surface area contributed by atoms with Crippen molar-refractivity contribution in [1.29, 1.82) is 0 Å². The second-order valence-corrected chi connectivity index (χ2v) is 12.1. The number of morpholine rings is 1. The van der Waals surface area contributed by atoms with Crippen LogP contribution in [0.1, 0.15) is 49.9 Å². The monoisotopic (exact) mass is 600 g/mol. The third-order valence-electron chi connectivity index (χ3n) is 8.69. The summed E-state index contributed by atoms with van der Waals surface area (Å²) >= 11 is 6.48. The maximum Gasteiger partial charge on any atom is 0.439 e. The molecule has 1 atom stereocenters. The summed E-state index contributed by atoms with van der Waals surface area (Å²) in [6, 6.07) is 12.2. The molecule has 5 aromatic rings. The van der Waals surface area contributed by atoms with Crippen LogP contribution >= 0.6 is 11.6 Å². The third kappa shape index (κ3) is 5.43. The number of H-pyrrole nitrogens is 1. The summed E-state index contributed by atoms with van der Waals surface area (Å²) in [6.07, 6.45) is 6.34. The van der Waals surface area contributed by atoms with E-state index in [-0.39, 0.29) is 17.7 Å². The Morgan fingerprint density at radius 2 is 1.91 bits per heavy atom. The van der Waals surface area contributed by atoms with Crippen molar-refractivity contribution in [2.45, 2.75) is 52.1 Å². The highest BCUT2D eigenvalue weighted by molar-refractivity contribution is 6.30. The van der Waals surface area contributed by atoms with Crippen molar-refractivity contribution >= 4 is 28.7 Å². The van der Waals surface area contributed by atoms with Crippen LogP contribution in [-0.4, -0.2) is 54.4 Å². The molecular formula is C31H33ClN8O3. The number of hydrogen-bond acceptors (Lipinski definition) is 9. The van der Waals surface area contributed by atoms with E-state index in [0.717, 1.165) is 53.6 Å². The second-order valence-electron chi connectivity index (χ2n) is 11.6. The molecular weight excluding hydrogens is 568 g/mol. The largest absolute Gasteiger partial charge is 0.439 e. The molecule has 43 heavy (non-hydrogen) atoms. The van der Waals surface area contributed by atoms with Gasteiger partial charge in [-0.15, -0.1) is 0 Å². The molecule has 1 aliphatic carbocycles. The SMILES string of the molecule is Cc1ncc(Cl)cc1-c1nc(-c2noc(=O)[nH]2)nc2nc(N3CCOC[C@H]3c3ccccc3)n(CC3CCC(C)CC3)c12. The minimum atomic E-state index is -0.683. The highest BCUT2D eigenvalue weighted by Crippen LogP contribution is 2.39. The van der Waals surface area contributed by atoms with E-state index >= 15 is 0 Å². The summed E-state index contributed by atoms with van der Waals surface area (Å²) in [5, 5.41) is 4.36. The predicted molar refractivity (Wildman–Crippen MR) is 163 cm³/mol. The molecule has 0 radical (unpaired) electrons. The van der Waals surface area contributed by atoms with Gasteiger partial charge in [-0.3, -0.25) is 14.5 Å². The van der Waals surface area contributed by atoms with Crippen LogP contribution < -0.4 is 10.7 Å². The van der Waals surface area contributed by atoms with Crippen molar-refractivity contribution < 1.29 is 9.26 Å². The molecule has 11 nitrogen and oxygen atoms in total. The molecule has 222 valence electrons. The molecule has 7 rings (SSSR count). The molecule has 0 spiro atoms. The lowest BCUT2D eigenvalue weighted by atomic mass is 9.83. The van der Waals surface area contributed by atoms with Gasteiger partial charge in [0, 0.05) is 30.5 Å². The van der Waals surface area contributed by atoms with Crippen LogP contribution in [0.25, 0.3) is 34.1 Å². The van der Waals surface area contributed by atoms with Gasteiger partial charge in [-0.25, -0.2) is 14.8 Å². The smallest absolute Gasteiger partial charge is 0.377 e. The van der Waals surface area contributed by atoms with E-state index < -0.39 is 5.76 Å². The predicted octanol–water partition coefficient (Wildman–Crippen LogP) is 5.60. The molecule has 1 saturated carbocycles. The van der Waals surface area contributed by atoms with E-state index in [1.165, 1.54) is 12.8 Å². The van der Waals surface area contributed by atoms with Gasteiger partial charge in [0.2, 0.25) is 17.6 Å². The van der Waals surface area contributed by atoms with Crippen molar-refractivity contribution in [2.75, 3.05) is 24.7 Å². The Bertz CT molecular complexity index is 1810. The number of aromatic amines is 1. The zero-order chi connectivity index (χ0) is 29.5. The quantitative estimate of drug-likeness (QED) is 0.265. The first kappa shape index (κ1) is 27.7. The van der Waals surface area contributed by atoms with Crippen LogP contribution in [0, 0.1) is 18.8 Å². The van der Waals surface area contributed by atoms with Crippen molar-refractivity contribution in [1.82, 2.24) is 34.6 Å². The van der Waals surface area contributed by atoms with E-state index in [4.69, 9.17) is 35.8 Å². The van der Waals surface area contributed by atoms with E-state index in [2.05, 4.69) is 55.8 Å². The topological polar surface area (TPSA) is 128 Å². The van der Waals surface area contributed by atoms with Gasteiger partial charge >= 0.3 is 5.76 Å². The Hall–Kier alpha value is -4.09. The molecule has 1 aromatic carbocycles. The van der Waals surface area contributed by atoms with Crippen molar-refractivity contribution in [3.8, 4) is 22.9 Å². The van der Waals surface area contributed by atoms with Gasteiger partial charge in [0.15, 0.2) is 5.65 Å². The molecule has 2 fully saturated rings. The minimum Gasteiger partial charge on any atom is -0.377 e. The minimum absolute atomic E-state index is 0.0192. The second kappa shape index (κ2) is 11.5. The average molecular weight is 601 g/mol. The Labute approximate surface area is 253 Å². The van der Waals surface area contributed by atoms with Gasteiger partial charge < -0.3 is 14.2 Å². The summed E-state index contributed by atoms with van der Waals surface area (Å²) in [5.41, 5.74) is 4.62. The summed E-state index contributed by atoms with van der Waals surface area (Å²) < 4.78 is 13.1. The number of aromatic nitrogens is 7. The van der Waals surface area contributed by atoms with E-state index in [1.807, 2.05) is 19.1 Å². The summed E-state index contributed by atoms with van der Waals surface area (Å²) in [6.45, 7) is 6.86. The molecule has 1 N–H and O–H groups in total. The zero-order valence-corrected chi connectivity index (χ0v) is 24.9. The van der Waals surface area contributed by atoms with Crippen LogP contribution in [0.2, 0.25) is 5.02 Å². The first-order valence-electron chi connectivity index (χ1n) is 14.8.